The Kier molecular flexibility index (Phi) is 5.36. The number of aliphatic hydroxyl groups is 2. The van der Waals surface area contributed by atoms with Crippen molar-refractivity contribution in [2.45, 2.75) is 44.0 Å². The highest BCUT2D eigenvalue weighted by molar-refractivity contribution is 6.31. The van der Waals surface area contributed by atoms with Crippen molar-refractivity contribution in [3.05, 3.63) is 63.9 Å². The Bertz CT molecular complexity index is 850. The monoisotopic (exact) mass is 405 g/mol. The van der Waals surface area contributed by atoms with Gasteiger partial charge in [-0.15, -0.1) is 0 Å². The van der Waals surface area contributed by atoms with Gasteiger partial charge < -0.3 is 19.8 Å². The Balaban J connectivity index is 1.41. The summed E-state index contributed by atoms with van der Waals surface area (Å²) in [6.07, 6.45) is 0.868. The molecule has 0 amide bonds. The molecule has 0 radical (unpaired) electrons. The zero-order valence-electron chi connectivity index (χ0n) is 15.9. The maximum atomic E-state index is 13.1. The fourth-order valence-corrected chi connectivity index (χ4v) is 4.41. The molecule has 2 N–H and O–H groups in total. The molecule has 2 aromatic rings. The van der Waals surface area contributed by atoms with Gasteiger partial charge in [0.05, 0.1) is 12.2 Å². The number of aliphatic hydroxyl groups excluding tert-OH is 2. The number of fused-ring (bicyclic) bond motifs is 1. The third kappa shape index (κ3) is 3.90. The second kappa shape index (κ2) is 7.64. The molecular weight excluding hydrogens is 381 g/mol. The van der Waals surface area contributed by atoms with Crippen molar-refractivity contribution < 1.29 is 19.3 Å². The second-order valence-electron chi connectivity index (χ2n) is 8.01. The lowest BCUT2D eigenvalue weighted by Gasteiger charge is -2.46. The lowest BCUT2D eigenvalue weighted by molar-refractivity contribution is -0.0588. The molecule has 0 unspecified atom stereocenters. The van der Waals surface area contributed by atoms with Crippen molar-refractivity contribution in [3.63, 3.8) is 0 Å². The number of hydrogen-bond acceptors (Lipinski definition) is 4. The molecule has 0 bridgehead atoms. The molecule has 0 saturated carbocycles. The normalized spacial score (nSPS) is 22.5. The molecule has 2 aliphatic rings. The molecule has 4 nitrogen and oxygen atoms in total. The minimum absolute atomic E-state index is 0.305. The van der Waals surface area contributed by atoms with E-state index in [4.69, 9.17) is 16.3 Å². The van der Waals surface area contributed by atoms with E-state index in [0.29, 0.717) is 23.6 Å². The zero-order valence-corrected chi connectivity index (χ0v) is 16.6. The maximum absolute atomic E-state index is 13.1. The first-order valence-corrected chi connectivity index (χ1v) is 10.1. The number of hydrogen-bond donors (Lipinski definition) is 2. The Morgan fingerprint density at radius 1 is 1.25 bits per heavy atom. The lowest BCUT2D eigenvalue weighted by Crippen LogP contribution is -2.51. The summed E-state index contributed by atoms with van der Waals surface area (Å²) in [4.78, 5) is 2.19. The molecule has 0 aromatic heterocycles. The number of β-amino-alcohol motifs (C(OH)–C–C–N with tert-alkyl or cyclic N) is 1. The Hall–Kier alpha value is -1.66. The molecule has 2 aliphatic heterocycles. The minimum atomic E-state index is -0.655. The van der Waals surface area contributed by atoms with E-state index in [9.17, 15) is 14.6 Å². The average molecular weight is 406 g/mol. The maximum Gasteiger partial charge on any atom is 0.126 e. The molecule has 4 rings (SSSR count). The van der Waals surface area contributed by atoms with Crippen LogP contribution in [0.1, 0.15) is 48.2 Å². The van der Waals surface area contributed by atoms with Gasteiger partial charge in [0, 0.05) is 36.6 Å². The zero-order chi connectivity index (χ0) is 19.9. The highest BCUT2D eigenvalue weighted by Gasteiger charge is 2.43. The summed E-state index contributed by atoms with van der Waals surface area (Å²) in [5.41, 5.74) is 2.02. The smallest absolute Gasteiger partial charge is 0.126 e. The number of nitrogens with zero attached hydrogens (tertiary/aromatic N) is 1. The van der Waals surface area contributed by atoms with Crippen LogP contribution in [0.25, 0.3) is 0 Å². The highest BCUT2D eigenvalue weighted by atomic mass is 35.5. The van der Waals surface area contributed by atoms with Crippen molar-refractivity contribution in [1.29, 1.82) is 0 Å². The van der Waals surface area contributed by atoms with Gasteiger partial charge in [-0.05, 0) is 55.2 Å². The first-order valence-electron chi connectivity index (χ1n) is 9.68. The third-order valence-corrected chi connectivity index (χ3v) is 6.40. The van der Waals surface area contributed by atoms with Gasteiger partial charge in [0.2, 0.25) is 0 Å². The molecule has 1 fully saturated rings. The standard InChI is InChI=1S/C22H25ClFNO3/c1-14-10-21-17(11-18(14)23)19(26)12-22(28-21)6-8-25(9-7-22)13-20(27)15-2-4-16(24)5-3-15/h2-5,10-11,19-20,26-27H,6-9,12-13H2,1H3/t19-,20+/m1/s1. The van der Waals surface area contributed by atoms with Crippen LogP contribution in [0.5, 0.6) is 5.75 Å². The topological polar surface area (TPSA) is 52.9 Å². The molecule has 1 spiro atoms. The average Bonchev–Trinajstić information content (AvgIpc) is 2.66. The number of aryl methyl sites for hydroxylation is 1. The van der Waals surface area contributed by atoms with E-state index in [1.807, 2.05) is 13.0 Å². The summed E-state index contributed by atoms with van der Waals surface area (Å²) in [7, 11) is 0. The van der Waals surface area contributed by atoms with Crippen LogP contribution in [0.15, 0.2) is 36.4 Å². The van der Waals surface area contributed by atoms with E-state index in [1.165, 1.54) is 12.1 Å². The van der Waals surface area contributed by atoms with Crippen molar-refractivity contribution in [3.8, 4) is 5.75 Å². The van der Waals surface area contributed by atoms with Gasteiger partial charge in [0.15, 0.2) is 0 Å². The molecular formula is C22H25ClFNO3. The number of ether oxygens (including phenoxy) is 1. The number of rotatable bonds is 3. The molecule has 2 atom stereocenters. The molecule has 2 heterocycles. The summed E-state index contributed by atoms with van der Waals surface area (Å²) in [5, 5.41) is 21.7. The largest absolute Gasteiger partial charge is 0.487 e. The predicted molar refractivity (Wildman–Crippen MR) is 106 cm³/mol. The van der Waals surface area contributed by atoms with Gasteiger partial charge in [-0.25, -0.2) is 4.39 Å². The van der Waals surface area contributed by atoms with Crippen LogP contribution in [-0.4, -0.2) is 40.3 Å². The van der Waals surface area contributed by atoms with E-state index in [1.54, 1.807) is 18.2 Å². The van der Waals surface area contributed by atoms with E-state index < -0.39 is 12.2 Å². The van der Waals surface area contributed by atoms with Gasteiger partial charge in [-0.3, -0.25) is 0 Å². The van der Waals surface area contributed by atoms with Gasteiger partial charge in [0.1, 0.15) is 17.2 Å². The first-order chi connectivity index (χ1) is 13.3. The van der Waals surface area contributed by atoms with Crippen LogP contribution >= 0.6 is 11.6 Å². The van der Waals surface area contributed by atoms with Gasteiger partial charge in [-0.1, -0.05) is 23.7 Å². The molecule has 6 heteroatoms. The molecule has 2 aromatic carbocycles. The summed E-state index contributed by atoms with van der Waals surface area (Å²) in [5.74, 6) is 0.418. The van der Waals surface area contributed by atoms with E-state index >= 15 is 0 Å². The molecule has 150 valence electrons. The lowest BCUT2D eigenvalue weighted by atomic mass is 9.81. The van der Waals surface area contributed by atoms with E-state index in [2.05, 4.69) is 4.90 Å². The summed E-state index contributed by atoms with van der Waals surface area (Å²) >= 11 is 6.20. The third-order valence-electron chi connectivity index (χ3n) is 6.00. The summed E-state index contributed by atoms with van der Waals surface area (Å²) < 4.78 is 19.4. The van der Waals surface area contributed by atoms with Gasteiger partial charge in [0.25, 0.3) is 0 Å². The van der Waals surface area contributed by atoms with Crippen molar-refractivity contribution >= 4 is 11.6 Å². The molecule has 0 aliphatic carbocycles. The van der Waals surface area contributed by atoms with E-state index in [-0.39, 0.29) is 11.4 Å². The van der Waals surface area contributed by atoms with Crippen molar-refractivity contribution in [2.24, 2.45) is 0 Å². The van der Waals surface area contributed by atoms with Crippen LogP contribution in [0, 0.1) is 12.7 Å². The quantitative estimate of drug-likeness (QED) is 0.804. The fraction of sp³-hybridized carbons (Fsp3) is 0.455. The van der Waals surface area contributed by atoms with Crippen LogP contribution in [0.3, 0.4) is 0 Å². The molecule has 1 saturated heterocycles. The van der Waals surface area contributed by atoms with Crippen molar-refractivity contribution in [1.82, 2.24) is 4.90 Å². The van der Waals surface area contributed by atoms with Crippen LogP contribution in [0.4, 0.5) is 4.39 Å². The number of likely N-dealkylation sites (tertiary alicyclic amines) is 1. The molecule has 28 heavy (non-hydrogen) atoms. The van der Waals surface area contributed by atoms with Crippen LogP contribution in [-0.2, 0) is 0 Å². The van der Waals surface area contributed by atoms with Gasteiger partial charge in [-0.2, -0.15) is 0 Å². The SMILES string of the molecule is Cc1cc2c(cc1Cl)[C@H](O)CC1(CCN(C[C@H](O)c3ccc(F)cc3)CC1)O2. The van der Waals surface area contributed by atoms with Gasteiger partial charge >= 0.3 is 0 Å². The van der Waals surface area contributed by atoms with Crippen LogP contribution in [0.2, 0.25) is 5.02 Å². The summed E-state index contributed by atoms with van der Waals surface area (Å²) in [6.45, 7) is 3.97. The fourth-order valence-electron chi connectivity index (χ4n) is 4.24. The highest BCUT2D eigenvalue weighted by Crippen LogP contribution is 2.45. The number of benzene rings is 2. The predicted octanol–water partition coefficient (Wildman–Crippen LogP) is 4.17. The second-order valence-corrected chi connectivity index (χ2v) is 8.42. The van der Waals surface area contributed by atoms with Crippen molar-refractivity contribution in [2.75, 3.05) is 19.6 Å². The number of halogens is 2. The Morgan fingerprint density at radius 2 is 1.93 bits per heavy atom. The first kappa shape index (κ1) is 19.6. The minimum Gasteiger partial charge on any atom is -0.487 e. The van der Waals surface area contributed by atoms with Crippen LogP contribution < -0.4 is 4.74 Å². The van der Waals surface area contributed by atoms with E-state index in [0.717, 1.165) is 42.8 Å². The number of piperidine rings is 1. The Morgan fingerprint density at radius 3 is 2.61 bits per heavy atom. The Labute approximate surface area is 169 Å². The summed E-state index contributed by atoms with van der Waals surface area (Å²) in [6, 6.07) is 9.69.